The SMILES string of the molecule is CC(C)CNCc1nc(OCc2ccco2)ccc1Cl. The number of nitrogens with one attached hydrogen (secondary N) is 1. The molecule has 2 aromatic heterocycles. The number of hydrogen-bond donors (Lipinski definition) is 1. The maximum atomic E-state index is 6.13. The van der Waals surface area contributed by atoms with Crippen LogP contribution in [0.2, 0.25) is 5.02 Å². The van der Waals surface area contributed by atoms with Crippen LogP contribution in [0.25, 0.3) is 0 Å². The van der Waals surface area contributed by atoms with Crippen LogP contribution in [0, 0.1) is 5.92 Å². The summed E-state index contributed by atoms with van der Waals surface area (Å²) in [7, 11) is 0. The molecular formula is C15H19ClN2O2. The van der Waals surface area contributed by atoms with Gasteiger partial charge in [0.25, 0.3) is 0 Å². The Bertz CT molecular complexity index is 527. The molecule has 2 heterocycles. The summed E-state index contributed by atoms with van der Waals surface area (Å²) in [5, 5.41) is 3.96. The Labute approximate surface area is 124 Å². The first kappa shape index (κ1) is 14.9. The molecule has 0 saturated heterocycles. The zero-order valence-electron chi connectivity index (χ0n) is 11.7. The van der Waals surface area contributed by atoms with Crippen molar-refractivity contribution < 1.29 is 9.15 Å². The summed E-state index contributed by atoms with van der Waals surface area (Å²) >= 11 is 6.13. The van der Waals surface area contributed by atoms with Crippen molar-refractivity contribution in [2.24, 2.45) is 5.92 Å². The van der Waals surface area contributed by atoms with E-state index >= 15 is 0 Å². The van der Waals surface area contributed by atoms with E-state index in [1.165, 1.54) is 0 Å². The summed E-state index contributed by atoms with van der Waals surface area (Å²) in [5.41, 5.74) is 0.796. The molecule has 0 aliphatic rings. The van der Waals surface area contributed by atoms with Crippen LogP contribution in [0.3, 0.4) is 0 Å². The third kappa shape index (κ3) is 4.54. The number of rotatable bonds is 7. The van der Waals surface area contributed by atoms with Crippen LogP contribution in [0.15, 0.2) is 34.9 Å². The van der Waals surface area contributed by atoms with Crippen molar-refractivity contribution in [3.63, 3.8) is 0 Å². The summed E-state index contributed by atoms with van der Waals surface area (Å²) in [6, 6.07) is 7.26. The van der Waals surface area contributed by atoms with Gasteiger partial charge in [0.15, 0.2) is 0 Å². The summed E-state index contributed by atoms with van der Waals surface area (Å²) in [5.74, 6) is 1.90. The van der Waals surface area contributed by atoms with Crippen molar-refractivity contribution in [3.8, 4) is 5.88 Å². The van der Waals surface area contributed by atoms with Crippen molar-refractivity contribution in [1.29, 1.82) is 0 Å². The zero-order chi connectivity index (χ0) is 14.4. The second-order valence-electron chi connectivity index (χ2n) is 4.97. The van der Waals surface area contributed by atoms with E-state index in [1.54, 1.807) is 18.4 Å². The number of hydrogen-bond acceptors (Lipinski definition) is 4. The Morgan fingerprint density at radius 3 is 2.90 bits per heavy atom. The zero-order valence-corrected chi connectivity index (χ0v) is 12.5. The molecule has 4 nitrogen and oxygen atoms in total. The monoisotopic (exact) mass is 294 g/mol. The van der Waals surface area contributed by atoms with E-state index in [-0.39, 0.29) is 0 Å². The minimum atomic E-state index is 0.362. The van der Waals surface area contributed by atoms with Crippen LogP contribution >= 0.6 is 11.6 Å². The molecule has 0 aromatic carbocycles. The molecule has 0 fully saturated rings. The molecule has 0 unspecified atom stereocenters. The molecular weight excluding hydrogens is 276 g/mol. The molecule has 0 aliphatic carbocycles. The number of halogens is 1. The molecule has 0 bridgehead atoms. The minimum absolute atomic E-state index is 0.362. The van der Waals surface area contributed by atoms with Crippen molar-refractivity contribution in [1.82, 2.24) is 10.3 Å². The smallest absolute Gasteiger partial charge is 0.214 e. The van der Waals surface area contributed by atoms with Gasteiger partial charge in [-0.2, -0.15) is 0 Å². The molecule has 0 atom stereocenters. The first-order valence-electron chi connectivity index (χ1n) is 6.66. The van der Waals surface area contributed by atoms with E-state index in [0.29, 0.717) is 30.0 Å². The van der Waals surface area contributed by atoms with Gasteiger partial charge in [-0.05, 0) is 30.7 Å². The predicted molar refractivity (Wildman–Crippen MR) is 78.8 cm³/mol. The summed E-state index contributed by atoms with van der Waals surface area (Å²) < 4.78 is 10.8. The minimum Gasteiger partial charge on any atom is -0.469 e. The first-order chi connectivity index (χ1) is 9.65. The van der Waals surface area contributed by atoms with Gasteiger partial charge < -0.3 is 14.5 Å². The second kappa shape index (κ2) is 7.31. The van der Waals surface area contributed by atoms with Crippen LogP contribution in [0.5, 0.6) is 5.88 Å². The van der Waals surface area contributed by atoms with E-state index in [4.69, 9.17) is 20.8 Å². The molecule has 20 heavy (non-hydrogen) atoms. The summed E-state index contributed by atoms with van der Waals surface area (Å²) in [4.78, 5) is 4.41. The average Bonchev–Trinajstić information content (AvgIpc) is 2.92. The largest absolute Gasteiger partial charge is 0.469 e. The van der Waals surface area contributed by atoms with Gasteiger partial charge in [-0.15, -0.1) is 0 Å². The van der Waals surface area contributed by atoms with Gasteiger partial charge in [-0.3, -0.25) is 0 Å². The van der Waals surface area contributed by atoms with E-state index in [0.717, 1.165) is 18.0 Å². The van der Waals surface area contributed by atoms with Gasteiger partial charge in [0.1, 0.15) is 12.4 Å². The fraction of sp³-hybridized carbons (Fsp3) is 0.400. The average molecular weight is 295 g/mol. The lowest BCUT2D eigenvalue weighted by molar-refractivity contribution is 0.260. The number of ether oxygens (including phenoxy) is 1. The third-order valence-electron chi connectivity index (χ3n) is 2.68. The highest BCUT2D eigenvalue weighted by Gasteiger charge is 2.06. The molecule has 2 aromatic rings. The number of furan rings is 1. The fourth-order valence-corrected chi connectivity index (χ4v) is 1.86. The molecule has 2 rings (SSSR count). The van der Waals surface area contributed by atoms with Gasteiger partial charge in [-0.25, -0.2) is 4.98 Å². The van der Waals surface area contributed by atoms with Gasteiger partial charge in [0.2, 0.25) is 5.88 Å². The number of pyridine rings is 1. The number of nitrogens with zero attached hydrogens (tertiary/aromatic N) is 1. The Morgan fingerprint density at radius 1 is 1.35 bits per heavy atom. The van der Waals surface area contributed by atoms with Gasteiger partial charge >= 0.3 is 0 Å². The quantitative estimate of drug-likeness (QED) is 0.847. The molecule has 0 spiro atoms. The topological polar surface area (TPSA) is 47.3 Å². The Morgan fingerprint density at radius 2 is 2.20 bits per heavy atom. The highest BCUT2D eigenvalue weighted by atomic mass is 35.5. The molecule has 0 saturated carbocycles. The predicted octanol–water partition coefficient (Wildman–Crippen LogP) is 3.65. The van der Waals surface area contributed by atoms with Crippen LogP contribution in [-0.4, -0.2) is 11.5 Å². The Hall–Kier alpha value is -1.52. The normalized spacial score (nSPS) is 11.0. The van der Waals surface area contributed by atoms with Crippen LogP contribution in [0.4, 0.5) is 0 Å². The van der Waals surface area contributed by atoms with Crippen molar-refractivity contribution in [3.05, 3.63) is 47.0 Å². The van der Waals surface area contributed by atoms with Gasteiger partial charge in [-0.1, -0.05) is 25.4 Å². The van der Waals surface area contributed by atoms with Gasteiger partial charge in [0.05, 0.1) is 17.0 Å². The molecule has 0 aliphatic heterocycles. The number of aromatic nitrogens is 1. The highest BCUT2D eigenvalue weighted by Crippen LogP contribution is 2.19. The fourth-order valence-electron chi connectivity index (χ4n) is 1.69. The van der Waals surface area contributed by atoms with E-state index < -0.39 is 0 Å². The van der Waals surface area contributed by atoms with E-state index in [9.17, 15) is 0 Å². The molecule has 0 amide bonds. The Balaban J connectivity index is 1.93. The van der Waals surface area contributed by atoms with Crippen LogP contribution < -0.4 is 10.1 Å². The van der Waals surface area contributed by atoms with E-state index in [1.807, 2.05) is 12.1 Å². The molecule has 108 valence electrons. The second-order valence-corrected chi connectivity index (χ2v) is 5.38. The molecule has 5 heteroatoms. The lowest BCUT2D eigenvalue weighted by Gasteiger charge is -2.10. The highest BCUT2D eigenvalue weighted by molar-refractivity contribution is 6.31. The lowest BCUT2D eigenvalue weighted by Crippen LogP contribution is -2.20. The van der Waals surface area contributed by atoms with Crippen LogP contribution in [0.1, 0.15) is 25.3 Å². The van der Waals surface area contributed by atoms with Crippen LogP contribution in [-0.2, 0) is 13.2 Å². The molecule has 1 N–H and O–H groups in total. The summed E-state index contributed by atoms with van der Waals surface area (Å²) in [6.45, 7) is 6.24. The van der Waals surface area contributed by atoms with Crippen molar-refractivity contribution in [2.45, 2.75) is 27.0 Å². The molecule has 0 radical (unpaired) electrons. The van der Waals surface area contributed by atoms with Gasteiger partial charge in [0, 0.05) is 12.6 Å². The maximum absolute atomic E-state index is 6.13. The van der Waals surface area contributed by atoms with E-state index in [2.05, 4.69) is 24.1 Å². The third-order valence-corrected chi connectivity index (χ3v) is 3.02. The van der Waals surface area contributed by atoms with Crippen molar-refractivity contribution in [2.75, 3.05) is 6.54 Å². The first-order valence-corrected chi connectivity index (χ1v) is 7.04. The summed E-state index contributed by atoms with van der Waals surface area (Å²) in [6.07, 6.45) is 1.62. The standard InChI is InChI=1S/C15H19ClN2O2/c1-11(2)8-17-9-14-13(16)5-6-15(18-14)20-10-12-4-3-7-19-12/h3-7,11,17H,8-10H2,1-2H3. The van der Waals surface area contributed by atoms with Crippen molar-refractivity contribution >= 4 is 11.6 Å². The lowest BCUT2D eigenvalue weighted by atomic mass is 10.2. The maximum Gasteiger partial charge on any atom is 0.214 e. The Kier molecular flexibility index (Phi) is 5.44.